The van der Waals surface area contributed by atoms with Crippen LogP contribution in [-0.2, 0) is 6.42 Å². The first kappa shape index (κ1) is 14.3. The maximum Gasteiger partial charge on any atom is 0.0328 e. The average molecular weight is 273 g/mol. The van der Waals surface area contributed by atoms with Gasteiger partial charge in [0, 0.05) is 10.9 Å². The van der Waals surface area contributed by atoms with E-state index in [0.29, 0.717) is 6.04 Å². The first-order chi connectivity index (χ1) is 9.29. The van der Waals surface area contributed by atoms with Crippen LogP contribution in [0, 0.1) is 6.92 Å². The zero-order valence-corrected chi connectivity index (χ0v) is 12.7. The Hall–Kier alpha value is -1.12. The third-order valence-corrected chi connectivity index (χ3v) is 4.28. The molecule has 0 bridgehead atoms. The van der Waals surface area contributed by atoms with E-state index in [1.165, 1.54) is 35.3 Å². The van der Waals surface area contributed by atoms with E-state index in [9.17, 15) is 0 Å². The summed E-state index contributed by atoms with van der Waals surface area (Å²) in [6, 6.07) is 13.6. The molecule has 2 aromatic rings. The van der Waals surface area contributed by atoms with Gasteiger partial charge in [-0.05, 0) is 55.3 Å². The van der Waals surface area contributed by atoms with Crippen molar-refractivity contribution in [2.45, 2.75) is 39.2 Å². The van der Waals surface area contributed by atoms with Crippen LogP contribution in [0.25, 0.3) is 0 Å². The Morgan fingerprint density at radius 3 is 2.63 bits per heavy atom. The lowest BCUT2D eigenvalue weighted by Gasteiger charge is -2.16. The molecule has 0 saturated carbocycles. The summed E-state index contributed by atoms with van der Waals surface area (Å²) in [5, 5.41) is 5.90. The second kappa shape index (κ2) is 7.46. The van der Waals surface area contributed by atoms with Crippen LogP contribution in [0.15, 0.2) is 41.8 Å². The van der Waals surface area contributed by atoms with Crippen molar-refractivity contribution in [3.63, 3.8) is 0 Å². The number of hydrogen-bond donors (Lipinski definition) is 1. The van der Waals surface area contributed by atoms with Gasteiger partial charge in [-0.2, -0.15) is 0 Å². The van der Waals surface area contributed by atoms with Gasteiger partial charge >= 0.3 is 0 Å². The van der Waals surface area contributed by atoms with Crippen LogP contribution in [0.3, 0.4) is 0 Å². The molecule has 0 fully saturated rings. The molecule has 2 rings (SSSR count). The van der Waals surface area contributed by atoms with E-state index in [1.807, 2.05) is 11.3 Å². The van der Waals surface area contributed by atoms with Gasteiger partial charge in [-0.3, -0.25) is 0 Å². The number of hydrogen-bond acceptors (Lipinski definition) is 2. The summed E-state index contributed by atoms with van der Waals surface area (Å²) in [5.41, 5.74) is 2.90. The van der Waals surface area contributed by atoms with E-state index >= 15 is 0 Å². The highest BCUT2D eigenvalue weighted by Gasteiger charge is 2.11. The van der Waals surface area contributed by atoms with Crippen LogP contribution >= 0.6 is 11.3 Å². The smallest absolute Gasteiger partial charge is 0.0328 e. The van der Waals surface area contributed by atoms with Crippen molar-refractivity contribution in [3.05, 3.63) is 57.8 Å². The molecule has 1 unspecified atom stereocenters. The molecule has 1 aromatic heterocycles. The Labute approximate surface area is 120 Å². The molecule has 0 aliphatic heterocycles. The van der Waals surface area contributed by atoms with Gasteiger partial charge in [-0.15, -0.1) is 11.3 Å². The van der Waals surface area contributed by atoms with Crippen molar-refractivity contribution in [1.29, 1.82) is 0 Å². The Bertz CT molecular complexity index is 475. The van der Waals surface area contributed by atoms with E-state index in [1.54, 1.807) is 0 Å². The predicted molar refractivity (Wildman–Crippen MR) is 84.9 cm³/mol. The highest BCUT2D eigenvalue weighted by atomic mass is 32.1. The fraction of sp³-hybridized carbons (Fsp3) is 0.412. The molecular formula is C17H23NS. The minimum Gasteiger partial charge on any atom is -0.310 e. The van der Waals surface area contributed by atoms with Crippen molar-refractivity contribution in [1.82, 2.24) is 5.32 Å². The van der Waals surface area contributed by atoms with E-state index in [0.717, 1.165) is 6.54 Å². The van der Waals surface area contributed by atoms with Crippen molar-refractivity contribution in [3.8, 4) is 0 Å². The molecule has 0 spiro atoms. The Morgan fingerprint density at radius 1 is 1.21 bits per heavy atom. The number of aryl methyl sites for hydroxylation is 2. The number of rotatable bonds is 7. The summed E-state index contributed by atoms with van der Waals surface area (Å²) in [6.07, 6.45) is 3.61. The first-order valence-corrected chi connectivity index (χ1v) is 8.00. The van der Waals surface area contributed by atoms with Crippen molar-refractivity contribution >= 4 is 11.3 Å². The van der Waals surface area contributed by atoms with Crippen LogP contribution in [0.1, 0.15) is 41.8 Å². The van der Waals surface area contributed by atoms with E-state index in [-0.39, 0.29) is 0 Å². The normalized spacial score (nSPS) is 12.5. The van der Waals surface area contributed by atoms with E-state index in [2.05, 4.69) is 60.9 Å². The van der Waals surface area contributed by atoms with Crippen LogP contribution in [0.4, 0.5) is 0 Å². The van der Waals surface area contributed by atoms with Gasteiger partial charge in [0.05, 0.1) is 0 Å². The molecule has 19 heavy (non-hydrogen) atoms. The molecule has 2 heteroatoms. The molecule has 1 aromatic carbocycles. The minimum atomic E-state index is 0.513. The fourth-order valence-corrected chi connectivity index (χ4v) is 3.19. The average Bonchev–Trinajstić information content (AvgIpc) is 2.86. The molecule has 102 valence electrons. The first-order valence-electron chi connectivity index (χ1n) is 7.12. The largest absolute Gasteiger partial charge is 0.310 e. The highest BCUT2D eigenvalue weighted by molar-refractivity contribution is 7.10. The molecule has 1 nitrogen and oxygen atoms in total. The zero-order chi connectivity index (χ0) is 13.5. The van der Waals surface area contributed by atoms with Gasteiger partial charge in [0.15, 0.2) is 0 Å². The van der Waals surface area contributed by atoms with Crippen LogP contribution in [0.5, 0.6) is 0 Å². The van der Waals surface area contributed by atoms with Gasteiger partial charge < -0.3 is 5.32 Å². The summed E-state index contributed by atoms with van der Waals surface area (Å²) in [7, 11) is 0. The van der Waals surface area contributed by atoms with Crippen molar-refractivity contribution < 1.29 is 0 Å². The van der Waals surface area contributed by atoms with E-state index in [4.69, 9.17) is 0 Å². The Morgan fingerprint density at radius 2 is 2.00 bits per heavy atom. The summed E-state index contributed by atoms with van der Waals surface area (Å²) in [4.78, 5) is 1.40. The van der Waals surface area contributed by atoms with Crippen LogP contribution in [0.2, 0.25) is 0 Å². The van der Waals surface area contributed by atoms with Gasteiger partial charge in [0.2, 0.25) is 0 Å². The van der Waals surface area contributed by atoms with Gasteiger partial charge in [-0.25, -0.2) is 0 Å². The van der Waals surface area contributed by atoms with Gasteiger partial charge in [0.25, 0.3) is 0 Å². The van der Waals surface area contributed by atoms with Crippen LogP contribution < -0.4 is 5.32 Å². The molecule has 0 saturated heterocycles. The van der Waals surface area contributed by atoms with Crippen LogP contribution in [-0.4, -0.2) is 6.54 Å². The maximum absolute atomic E-state index is 3.61. The third kappa shape index (κ3) is 4.48. The molecule has 0 amide bonds. The Balaban J connectivity index is 1.87. The molecule has 1 N–H and O–H groups in total. The second-order valence-corrected chi connectivity index (χ2v) is 6.09. The highest BCUT2D eigenvalue weighted by Crippen LogP contribution is 2.24. The SMILES string of the molecule is CCNC(CCCc1ccccc1)c1csc(C)c1. The third-order valence-electron chi connectivity index (χ3n) is 3.40. The van der Waals surface area contributed by atoms with Crippen molar-refractivity contribution in [2.75, 3.05) is 6.54 Å². The fourth-order valence-electron chi connectivity index (χ4n) is 2.43. The molecule has 1 heterocycles. The number of thiophene rings is 1. The zero-order valence-electron chi connectivity index (χ0n) is 11.9. The molecule has 1 atom stereocenters. The van der Waals surface area contributed by atoms with Gasteiger partial charge in [0.1, 0.15) is 0 Å². The molecule has 0 aliphatic carbocycles. The number of nitrogens with one attached hydrogen (secondary N) is 1. The quantitative estimate of drug-likeness (QED) is 0.769. The lowest BCUT2D eigenvalue weighted by Crippen LogP contribution is -2.20. The second-order valence-electron chi connectivity index (χ2n) is 4.98. The predicted octanol–water partition coefficient (Wildman–Crippen LogP) is 4.73. The Kier molecular flexibility index (Phi) is 5.62. The van der Waals surface area contributed by atoms with E-state index < -0.39 is 0 Å². The van der Waals surface area contributed by atoms with Gasteiger partial charge in [-0.1, -0.05) is 37.3 Å². The monoisotopic (exact) mass is 273 g/mol. The summed E-state index contributed by atoms with van der Waals surface area (Å²) in [5.74, 6) is 0. The standard InChI is InChI=1S/C17H23NS/c1-3-18-17(16-12-14(2)19-13-16)11-7-10-15-8-5-4-6-9-15/h4-6,8-9,12-13,17-18H,3,7,10-11H2,1-2H3. The van der Waals surface area contributed by atoms with Crippen molar-refractivity contribution in [2.24, 2.45) is 0 Å². The number of benzene rings is 1. The lowest BCUT2D eigenvalue weighted by molar-refractivity contribution is 0.499. The minimum absolute atomic E-state index is 0.513. The lowest BCUT2D eigenvalue weighted by atomic mass is 10.0. The molecule has 0 radical (unpaired) electrons. The summed E-state index contributed by atoms with van der Waals surface area (Å²) < 4.78 is 0. The maximum atomic E-state index is 3.61. The summed E-state index contributed by atoms with van der Waals surface area (Å²) >= 11 is 1.85. The topological polar surface area (TPSA) is 12.0 Å². The molecular weight excluding hydrogens is 250 g/mol. The summed E-state index contributed by atoms with van der Waals surface area (Å²) in [6.45, 7) is 5.40. The molecule has 0 aliphatic rings.